The van der Waals surface area contributed by atoms with Gasteiger partial charge in [0.05, 0.1) is 5.25 Å². The average Bonchev–Trinajstić information content (AvgIpc) is 3.07. The van der Waals surface area contributed by atoms with Crippen molar-refractivity contribution in [1.29, 1.82) is 0 Å². The third-order valence-corrected chi connectivity index (χ3v) is 4.56. The zero-order valence-corrected chi connectivity index (χ0v) is 10.0. The molecule has 16 heavy (non-hydrogen) atoms. The summed E-state index contributed by atoms with van der Waals surface area (Å²) in [5.74, 6) is -0.644. The average molecular weight is 243 g/mol. The van der Waals surface area contributed by atoms with Gasteiger partial charge in [0, 0.05) is 12.3 Å². The molecule has 1 fully saturated rings. The van der Waals surface area contributed by atoms with Crippen LogP contribution in [0.2, 0.25) is 0 Å². The van der Waals surface area contributed by atoms with Crippen LogP contribution in [0.4, 0.5) is 0 Å². The van der Waals surface area contributed by atoms with Crippen molar-refractivity contribution in [3.05, 3.63) is 25.3 Å². The van der Waals surface area contributed by atoms with Gasteiger partial charge in [0.25, 0.3) is 0 Å². The van der Waals surface area contributed by atoms with Crippen LogP contribution in [0.5, 0.6) is 0 Å². The number of hydrogen-bond donors (Lipinski definition) is 1. The molecule has 1 saturated carbocycles. The second-order valence-corrected chi connectivity index (χ2v) is 6.23. The van der Waals surface area contributed by atoms with Crippen LogP contribution in [-0.4, -0.2) is 25.5 Å². The summed E-state index contributed by atoms with van der Waals surface area (Å²) in [6.07, 6.45) is 4.87. The topological polar surface area (TPSA) is 63.2 Å². The van der Waals surface area contributed by atoms with Crippen molar-refractivity contribution in [2.75, 3.05) is 5.88 Å². The second kappa shape index (κ2) is 5.30. The first-order valence-electron chi connectivity index (χ1n) is 5.23. The van der Waals surface area contributed by atoms with Gasteiger partial charge in [-0.1, -0.05) is 12.2 Å². The van der Waals surface area contributed by atoms with Crippen LogP contribution in [0.1, 0.15) is 19.3 Å². The van der Waals surface area contributed by atoms with Gasteiger partial charge >= 0.3 is 0 Å². The van der Waals surface area contributed by atoms with Crippen LogP contribution in [0.15, 0.2) is 25.3 Å². The van der Waals surface area contributed by atoms with Crippen molar-refractivity contribution >= 4 is 15.7 Å². The Morgan fingerprint density at radius 1 is 1.38 bits per heavy atom. The van der Waals surface area contributed by atoms with E-state index >= 15 is 0 Å². The molecule has 0 atom stereocenters. The minimum atomic E-state index is -3.11. The normalized spacial score (nSPS) is 15.8. The van der Waals surface area contributed by atoms with Crippen LogP contribution in [0, 0.1) is 5.92 Å². The Balaban J connectivity index is 2.34. The van der Waals surface area contributed by atoms with Crippen LogP contribution >= 0.6 is 0 Å². The first-order valence-corrected chi connectivity index (χ1v) is 6.94. The molecule has 1 aliphatic rings. The fraction of sp³-hybridized carbons (Fsp3) is 0.545. The Hall–Kier alpha value is -1.10. The molecule has 0 aliphatic heterocycles. The standard InChI is InChI=1S/C11H17NO3S/c1-3-9(4-2)7-11(13)12-8-16(14,15)10-5-6-10/h3-4,9-10H,1-2,5-8H2,(H,12,13). The van der Waals surface area contributed by atoms with Gasteiger partial charge < -0.3 is 5.32 Å². The summed E-state index contributed by atoms with van der Waals surface area (Å²) in [5.41, 5.74) is 0. The lowest BCUT2D eigenvalue weighted by molar-refractivity contribution is -0.121. The molecule has 1 N–H and O–H groups in total. The predicted molar refractivity (Wildman–Crippen MR) is 63.5 cm³/mol. The number of hydrogen-bond acceptors (Lipinski definition) is 3. The molecule has 5 heteroatoms. The molecular weight excluding hydrogens is 226 g/mol. The molecule has 0 aromatic carbocycles. The Bertz CT molecular complexity index is 374. The molecule has 1 aliphatic carbocycles. The summed E-state index contributed by atoms with van der Waals surface area (Å²) in [4.78, 5) is 11.4. The fourth-order valence-electron chi connectivity index (χ4n) is 1.28. The summed E-state index contributed by atoms with van der Waals surface area (Å²) < 4.78 is 22.9. The zero-order valence-electron chi connectivity index (χ0n) is 9.19. The van der Waals surface area contributed by atoms with Crippen LogP contribution in [0.3, 0.4) is 0 Å². The van der Waals surface area contributed by atoms with Crippen LogP contribution < -0.4 is 5.32 Å². The van der Waals surface area contributed by atoms with E-state index in [0.29, 0.717) is 0 Å². The van der Waals surface area contributed by atoms with E-state index in [1.54, 1.807) is 12.2 Å². The van der Waals surface area contributed by atoms with Crippen molar-refractivity contribution < 1.29 is 13.2 Å². The first-order chi connectivity index (χ1) is 7.49. The minimum Gasteiger partial charge on any atom is -0.342 e. The highest BCUT2D eigenvalue weighted by Crippen LogP contribution is 2.28. The molecule has 1 rings (SSSR count). The van der Waals surface area contributed by atoms with Gasteiger partial charge in [-0.3, -0.25) is 4.79 Å². The Labute approximate surface area is 96.3 Å². The lowest BCUT2D eigenvalue weighted by Gasteiger charge is -2.08. The molecule has 0 aromatic heterocycles. The van der Waals surface area contributed by atoms with Crippen molar-refractivity contribution in [2.45, 2.75) is 24.5 Å². The lowest BCUT2D eigenvalue weighted by Crippen LogP contribution is -2.32. The number of sulfone groups is 1. The second-order valence-electron chi connectivity index (χ2n) is 3.95. The molecule has 0 heterocycles. The maximum atomic E-state index is 11.5. The largest absolute Gasteiger partial charge is 0.342 e. The van der Waals surface area contributed by atoms with E-state index in [9.17, 15) is 13.2 Å². The van der Waals surface area contributed by atoms with Crippen molar-refractivity contribution in [2.24, 2.45) is 5.92 Å². The van der Waals surface area contributed by atoms with Gasteiger partial charge in [0.2, 0.25) is 5.91 Å². The molecular formula is C11H17NO3S. The van der Waals surface area contributed by atoms with E-state index in [0.717, 1.165) is 12.8 Å². The van der Waals surface area contributed by atoms with E-state index in [1.165, 1.54) is 0 Å². The highest BCUT2D eigenvalue weighted by Gasteiger charge is 2.35. The molecule has 0 bridgehead atoms. The summed E-state index contributed by atoms with van der Waals surface area (Å²) >= 11 is 0. The maximum absolute atomic E-state index is 11.5. The van der Waals surface area contributed by atoms with Crippen molar-refractivity contribution in [3.63, 3.8) is 0 Å². The van der Waals surface area contributed by atoms with E-state index in [-0.39, 0.29) is 29.4 Å². The monoisotopic (exact) mass is 243 g/mol. The van der Waals surface area contributed by atoms with Crippen molar-refractivity contribution in [3.8, 4) is 0 Å². The molecule has 4 nitrogen and oxygen atoms in total. The van der Waals surface area contributed by atoms with Crippen LogP contribution in [-0.2, 0) is 14.6 Å². The number of allylic oxidation sites excluding steroid dienone is 2. The molecule has 0 saturated heterocycles. The van der Waals surface area contributed by atoms with E-state index in [2.05, 4.69) is 18.5 Å². The third-order valence-electron chi connectivity index (χ3n) is 2.53. The number of carbonyl (C=O) groups is 1. The molecule has 90 valence electrons. The van der Waals surface area contributed by atoms with Gasteiger partial charge in [0.1, 0.15) is 5.88 Å². The zero-order chi connectivity index (χ0) is 12.2. The van der Waals surface area contributed by atoms with Gasteiger partial charge in [-0.25, -0.2) is 8.42 Å². The minimum absolute atomic E-state index is 0.108. The van der Waals surface area contributed by atoms with Gasteiger partial charge in [-0.2, -0.15) is 0 Å². The predicted octanol–water partition coefficient (Wildman–Crippen LogP) is 1.02. The number of rotatable bonds is 7. The number of nitrogens with one attached hydrogen (secondary N) is 1. The smallest absolute Gasteiger partial charge is 0.221 e. The van der Waals surface area contributed by atoms with Gasteiger partial charge in [-0.05, 0) is 12.8 Å². The summed E-state index contributed by atoms with van der Waals surface area (Å²) in [6, 6.07) is 0. The Kier molecular flexibility index (Phi) is 4.29. The molecule has 0 radical (unpaired) electrons. The highest BCUT2D eigenvalue weighted by atomic mass is 32.2. The SMILES string of the molecule is C=CC(C=C)CC(=O)NCS(=O)(=O)C1CC1. The quantitative estimate of drug-likeness (QED) is 0.679. The summed E-state index contributed by atoms with van der Waals surface area (Å²) in [5, 5.41) is 2.19. The maximum Gasteiger partial charge on any atom is 0.221 e. The summed E-state index contributed by atoms with van der Waals surface area (Å²) in [6.45, 7) is 7.13. The van der Waals surface area contributed by atoms with Crippen LogP contribution in [0.25, 0.3) is 0 Å². The Morgan fingerprint density at radius 2 is 1.94 bits per heavy atom. The van der Waals surface area contributed by atoms with E-state index in [4.69, 9.17) is 0 Å². The lowest BCUT2D eigenvalue weighted by atomic mass is 10.1. The van der Waals surface area contributed by atoms with E-state index < -0.39 is 9.84 Å². The summed E-state index contributed by atoms with van der Waals surface area (Å²) in [7, 11) is -3.11. The van der Waals surface area contributed by atoms with Gasteiger partial charge in [-0.15, -0.1) is 13.2 Å². The fourth-order valence-corrected chi connectivity index (χ4v) is 2.73. The molecule has 0 spiro atoms. The first kappa shape index (κ1) is 13.0. The number of carbonyl (C=O) groups excluding carboxylic acids is 1. The van der Waals surface area contributed by atoms with E-state index in [1.807, 2.05) is 0 Å². The van der Waals surface area contributed by atoms with Gasteiger partial charge in [0.15, 0.2) is 9.84 Å². The number of amides is 1. The van der Waals surface area contributed by atoms with Crippen molar-refractivity contribution in [1.82, 2.24) is 5.32 Å². The third kappa shape index (κ3) is 3.81. The molecule has 1 amide bonds. The molecule has 0 unspecified atom stereocenters. The molecule has 0 aromatic rings. The highest BCUT2D eigenvalue weighted by molar-refractivity contribution is 7.92. The Morgan fingerprint density at radius 3 is 2.38 bits per heavy atom.